The number of carbonyl (C=O) groups is 1. The van der Waals surface area contributed by atoms with Gasteiger partial charge in [-0.3, -0.25) is 0 Å². The van der Waals surface area contributed by atoms with Crippen LogP contribution in [0.25, 0.3) is 0 Å². The van der Waals surface area contributed by atoms with E-state index in [9.17, 15) is 4.79 Å². The van der Waals surface area contributed by atoms with Gasteiger partial charge in [0.1, 0.15) is 4.88 Å². The molecule has 1 aliphatic rings. The Bertz CT molecular complexity index is 367. The number of hydrogen-bond acceptors (Lipinski definition) is 3. The highest BCUT2D eigenvalue weighted by Crippen LogP contribution is 2.32. The first-order chi connectivity index (χ1) is 7.18. The molecule has 1 aromatic rings. The Morgan fingerprint density at radius 2 is 2.07 bits per heavy atom. The highest BCUT2D eigenvalue weighted by Gasteiger charge is 2.17. The lowest BCUT2D eigenvalue weighted by molar-refractivity contribution is 0.0702. The molecule has 0 atom stereocenters. The van der Waals surface area contributed by atoms with Crippen molar-refractivity contribution >= 4 is 22.3 Å². The molecule has 0 spiro atoms. The van der Waals surface area contributed by atoms with Gasteiger partial charge in [-0.05, 0) is 37.8 Å². The Labute approximate surface area is 93.3 Å². The largest absolute Gasteiger partial charge is 0.477 e. The fourth-order valence-corrected chi connectivity index (χ4v) is 3.05. The molecule has 1 saturated heterocycles. The van der Waals surface area contributed by atoms with E-state index >= 15 is 0 Å². The Hall–Kier alpha value is -1.03. The minimum Gasteiger partial charge on any atom is -0.477 e. The summed E-state index contributed by atoms with van der Waals surface area (Å²) < 4.78 is 0. The van der Waals surface area contributed by atoms with E-state index in [1.165, 1.54) is 30.6 Å². The van der Waals surface area contributed by atoms with Crippen LogP contribution in [0, 0.1) is 6.92 Å². The molecule has 2 rings (SSSR count). The summed E-state index contributed by atoms with van der Waals surface area (Å²) in [6, 6.07) is 1.77. The number of aromatic carboxylic acids is 1. The lowest BCUT2D eigenvalue weighted by atomic mass is 10.1. The van der Waals surface area contributed by atoms with E-state index in [1.54, 1.807) is 6.07 Å². The molecular weight excluding hydrogens is 210 g/mol. The Balaban J connectivity index is 2.22. The van der Waals surface area contributed by atoms with Crippen LogP contribution in [0.1, 0.15) is 34.5 Å². The van der Waals surface area contributed by atoms with Gasteiger partial charge in [-0.25, -0.2) is 4.79 Å². The summed E-state index contributed by atoms with van der Waals surface area (Å²) in [7, 11) is 0. The molecule has 0 aromatic carbocycles. The molecule has 3 nitrogen and oxygen atoms in total. The molecule has 2 heterocycles. The molecule has 15 heavy (non-hydrogen) atoms. The number of anilines is 1. The average Bonchev–Trinajstić information content (AvgIpc) is 2.62. The zero-order valence-corrected chi connectivity index (χ0v) is 9.64. The minimum atomic E-state index is -0.814. The minimum absolute atomic E-state index is 0.452. The lowest BCUT2D eigenvalue weighted by Crippen LogP contribution is -2.28. The van der Waals surface area contributed by atoms with Crippen LogP contribution >= 0.6 is 11.3 Å². The Morgan fingerprint density at radius 3 is 2.60 bits per heavy atom. The standard InChI is InChI=1S/C11H15NO2S/c1-8-7-9(11(13)14)15-10(8)12-5-3-2-4-6-12/h7H,2-6H2,1H3,(H,13,14). The molecule has 1 aliphatic heterocycles. The van der Waals surface area contributed by atoms with Gasteiger partial charge in [0.05, 0.1) is 5.00 Å². The Kier molecular flexibility index (Phi) is 2.95. The van der Waals surface area contributed by atoms with Crippen LogP contribution < -0.4 is 4.90 Å². The van der Waals surface area contributed by atoms with Crippen molar-refractivity contribution in [3.05, 3.63) is 16.5 Å². The third-order valence-corrected chi connectivity index (χ3v) is 4.03. The highest BCUT2D eigenvalue weighted by molar-refractivity contribution is 7.18. The molecule has 1 fully saturated rings. The fourth-order valence-electron chi connectivity index (χ4n) is 1.99. The van der Waals surface area contributed by atoms with E-state index in [1.807, 2.05) is 6.92 Å². The summed E-state index contributed by atoms with van der Waals surface area (Å²) in [6.07, 6.45) is 3.74. The fraction of sp³-hybridized carbons (Fsp3) is 0.545. The Morgan fingerprint density at radius 1 is 1.40 bits per heavy atom. The molecular formula is C11H15NO2S. The second kappa shape index (κ2) is 4.23. The summed E-state index contributed by atoms with van der Waals surface area (Å²) in [4.78, 5) is 13.6. The van der Waals surface area contributed by atoms with Crippen LogP contribution in [0.5, 0.6) is 0 Å². The van der Waals surface area contributed by atoms with Gasteiger partial charge in [0.15, 0.2) is 0 Å². The third-order valence-electron chi connectivity index (χ3n) is 2.75. The van der Waals surface area contributed by atoms with E-state index in [0.717, 1.165) is 23.7 Å². The normalized spacial score (nSPS) is 16.7. The number of thiophene rings is 1. The molecule has 0 aliphatic carbocycles. The second-order valence-corrected chi connectivity index (χ2v) is 4.98. The lowest BCUT2D eigenvalue weighted by Gasteiger charge is -2.28. The number of carboxylic acid groups (broad SMARTS) is 1. The van der Waals surface area contributed by atoms with E-state index in [0.29, 0.717) is 4.88 Å². The van der Waals surface area contributed by atoms with Crippen molar-refractivity contribution in [2.24, 2.45) is 0 Å². The third kappa shape index (κ3) is 2.15. The summed E-state index contributed by atoms with van der Waals surface area (Å²) in [6.45, 7) is 4.13. The maximum atomic E-state index is 10.8. The number of nitrogens with zero attached hydrogens (tertiary/aromatic N) is 1. The number of rotatable bonds is 2. The molecule has 0 bridgehead atoms. The summed E-state index contributed by atoms with van der Waals surface area (Å²) >= 11 is 1.40. The molecule has 4 heteroatoms. The van der Waals surface area contributed by atoms with Crippen molar-refractivity contribution in [3.63, 3.8) is 0 Å². The van der Waals surface area contributed by atoms with Gasteiger partial charge < -0.3 is 10.0 Å². The zero-order chi connectivity index (χ0) is 10.8. The van der Waals surface area contributed by atoms with E-state index < -0.39 is 5.97 Å². The first-order valence-corrected chi connectivity index (χ1v) is 6.09. The van der Waals surface area contributed by atoms with E-state index in [-0.39, 0.29) is 0 Å². The van der Waals surface area contributed by atoms with Crippen molar-refractivity contribution in [1.82, 2.24) is 0 Å². The van der Waals surface area contributed by atoms with Crippen LogP contribution in [-0.2, 0) is 0 Å². The number of piperidine rings is 1. The van der Waals surface area contributed by atoms with E-state index in [4.69, 9.17) is 5.11 Å². The first-order valence-electron chi connectivity index (χ1n) is 5.27. The predicted molar refractivity (Wildman–Crippen MR) is 62.1 cm³/mol. The molecule has 0 radical (unpaired) electrons. The van der Waals surface area contributed by atoms with Crippen molar-refractivity contribution < 1.29 is 9.90 Å². The van der Waals surface area contributed by atoms with Gasteiger partial charge in [-0.2, -0.15) is 0 Å². The van der Waals surface area contributed by atoms with Crippen molar-refractivity contribution in [3.8, 4) is 0 Å². The maximum absolute atomic E-state index is 10.8. The molecule has 0 unspecified atom stereocenters. The number of aryl methyl sites for hydroxylation is 1. The molecule has 1 N–H and O–H groups in total. The monoisotopic (exact) mass is 225 g/mol. The van der Waals surface area contributed by atoms with E-state index in [2.05, 4.69) is 4.90 Å². The molecule has 0 saturated carbocycles. The van der Waals surface area contributed by atoms with Crippen LogP contribution in [0.2, 0.25) is 0 Å². The topological polar surface area (TPSA) is 40.5 Å². The van der Waals surface area contributed by atoms with Crippen molar-refractivity contribution in [2.45, 2.75) is 26.2 Å². The van der Waals surface area contributed by atoms with Crippen molar-refractivity contribution in [1.29, 1.82) is 0 Å². The average molecular weight is 225 g/mol. The quantitative estimate of drug-likeness (QED) is 0.841. The first kappa shape index (κ1) is 10.5. The molecule has 82 valence electrons. The van der Waals surface area contributed by atoms with Crippen LogP contribution in [0.15, 0.2) is 6.07 Å². The number of hydrogen-bond donors (Lipinski definition) is 1. The highest BCUT2D eigenvalue weighted by atomic mass is 32.1. The van der Waals surface area contributed by atoms with Gasteiger partial charge in [0.25, 0.3) is 0 Å². The summed E-state index contributed by atoms with van der Waals surface area (Å²) in [5.41, 5.74) is 1.10. The van der Waals surface area contributed by atoms with Crippen LogP contribution in [-0.4, -0.2) is 24.2 Å². The maximum Gasteiger partial charge on any atom is 0.345 e. The van der Waals surface area contributed by atoms with Gasteiger partial charge in [0.2, 0.25) is 0 Å². The van der Waals surface area contributed by atoms with Crippen LogP contribution in [0.3, 0.4) is 0 Å². The summed E-state index contributed by atoms with van der Waals surface area (Å²) in [5, 5.41) is 10.1. The van der Waals surface area contributed by atoms with Gasteiger partial charge in [-0.15, -0.1) is 11.3 Å². The van der Waals surface area contributed by atoms with Crippen molar-refractivity contribution in [2.75, 3.05) is 18.0 Å². The summed E-state index contributed by atoms with van der Waals surface area (Å²) in [5.74, 6) is -0.814. The zero-order valence-electron chi connectivity index (χ0n) is 8.82. The van der Waals surface area contributed by atoms with Crippen LogP contribution in [0.4, 0.5) is 5.00 Å². The van der Waals surface area contributed by atoms with Gasteiger partial charge >= 0.3 is 5.97 Å². The smallest absolute Gasteiger partial charge is 0.345 e. The predicted octanol–water partition coefficient (Wildman–Crippen LogP) is 2.75. The second-order valence-electron chi connectivity index (χ2n) is 3.95. The SMILES string of the molecule is Cc1cc(C(=O)O)sc1N1CCCCC1. The number of carboxylic acids is 1. The molecule has 1 aromatic heterocycles. The molecule has 0 amide bonds. The van der Waals surface area contributed by atoms with Gasteiger partial charge in [0, 0.05) is 13.1 Å². The van der Waals surface area contributed by atoms with Gasteiger partial charge in [-0.1, -0.05) is 0 Å².